The Morgan fingerprint density at radius 1 is 1.22 bits per heavy atom. The minimum atomic E-state index is 0.317. The average Bonchev–Trinajstić information content (AvgIpc) is 2.38. The van der Waals surface area contributed by atoms with E-state index in [1.807, 2.05) is 11.9 Å². The van der Waals surface area contributed by atoms with Crippen LogP contribution in [0.4, 0.5) is 0 Å². The molecule has 1 rings (SSSR count). The molecule has 0 spiro atoms. The van der Waals surface area contributed by atoms with Gasteiger partial charge < -0.3 is 15.5 Å². The first-order valence-corrected chi connectivity index (χ1v) is 7.29. The third-order valence-corrected chi connectivity index (χ3v) is 3.97. The number of nitrogens with zero attached hydrogens (tertiary/aromatic N) is 2. The Kier molecular flexibility index (Phi) is 7.28. The molecule has 106 valence electrons. The largest absolute Gasteiger partial charge is 0.343 e. The summed E-state index contributed by atoms with van der Waals surface area (Å²) >= 11 is 0. The highest BCUT2D eigenvalue weighted by molar-refractivity contribution is 5.76. The van der Waals surface area contributed by atoms with Crippen LogP contribution in [0.25, 0.3) is 0 Å². The van der Waals surface area contributed by atoms with Gasteiger partial charge in [-0.2, -0.15) is 0 Å². The van der Waals surface area contributed by atoms with Crippen molar-refractivity contribution in [1.29, 1.82) is 0 Å². The zero-order valence-corrected chi connectivity index (χ0v) is 12.0. The van der Waals surface area contributed by atoms with E-state index in [0.717, 1.165) is 58.2 Å². The summed E-state index contributed by atoms with van der Waals surface area (Å²) in [4.78, 5) is 16.4. The van der Waals surface area contributed by atoms with Gasteiger partial charge in [0.05, 0.1) is 0 Å². The molecular weight excluding hydrogens is 226 g/mol. The van der Waals surface area contributed by atoms with Crippen LogP contribution in [0.1, 0.15) is 44.9 Å². The van der Waals surface area contributed by atoms with Crippen molar-refractivity contribution in [3.05, 3.63) is 0 Å². The van der Waals surface area contributed by atoms with E-state index in [0.29, 0.717) is 18.4 Å². The Labute approximate surface area is 111 Å². The van der Waals surface area contributed by atoms with Crippen LogP contribution in [0.5, 0.6) is 0 Å². The van der Waals surface area contributed by atoms with Crippen LogP contribution in [-0.2, 0) is 4.79 Å². The number of rotatable bonds is 7. The maximum Gasteiger partial charge on any atom is 0.222 e. The standard InChI is InChI=1S/C14H29N3O/c1-16-11-8-13(9-12-16)17(2)14(18)7-5-3-4-6-10-15/h13H,3-12,15H2,1-2H3. The summed E-state index contributed by atoms with van der Waals surface area (Å²) in [5.41, 5.74) is 5.45. The van der Waals surface area contributed by atoms with Gasteiger partial charge in [0.25, 0.3) is 0 Å². The fourth-order valence-electron chi connectivity index (χ4n) is 2.54. The molecule has 2 N–H and O–H groups in total. The molecule has 0 aromatic carbocycles. The topological polar surface area (TPSA) is 49.6 Å². The van der Waals surface area contributed by atoms with Gasteiger partial charge in [-0.05, 0) is 52.4 Å². The highest BCUT2D eigenvalue weighted by atomic mass is 16.2. The highest BCUT2D eigenvalue weighted by Crippen LogP contribution is 2.15. The third kappa shape index (κ3) is 5.36. The maximum atomic E-state index is 12.0. The molecule has 0 aromatic rings. The lowest BCUT2D eigenvalue weighted by molar-refractivity contribution is -0.132. The van der Waals surface area contributed by atoms with E-state index in [1.54, 1.807) is 0 Å². The molecule has 0 saturated carbocycles. The number of piperidine rings is 1. The minimum absolute atomic E-state index is 0.317. The molecule has 18 heavy (non-hydrogen) atoms. The van der Waals surface area contributed by atoms with Gasteiger partial charge in [-0.25, -0.2) is 0 Å². The number of carbonyl (C=O) groups is 1. The molecule has 0 bridgehead atoms. The fourth-order valence-corrected chi connectivity index (χ4v) is 2.54. The Hall–Kier alpha value is -0.610. The van der Waals surface area contributed by atoms with E-state index >= 15 is 0 Å². The first-order chi connectivity index (χ1) is 8.65. The van der Waals surface area contributed by atoms with Crippen LogP contribution in [0, 0.1) is 0 Å². The second-order valence-electron chi connectivity index (χ2n) is 5.49. The van der Waals surface area contributed by atoms with E-state index in [9.17, 15) is 4.79 Å². The summed E-state index contributed by atoms with van der Waals surface area (Å²) in [5, 5.41) is 0. The molecule has 0 atom stereocenters. The molecular formula is C14H29N3O. The van der Waals surface area contributed by atoms with Gasteiger partial charge in [0.1, 0.15) is 0 Å². The summed E-state index contributed by atoms with van der Waals surface area (Å²) in [6, 6.07) is 0.456. The number of amides is 1. The fraction of sp³-hybridized carbons (Fsp3) is 0.929. The SMILES string of the molecule is CN1CCC(N(C)C(=O)CCCCCCN)CC1. The van der Waals surface area contributed by atoms with Crippen molar-refractivity contribution in [2.45, 2.75) is 51.0 Å². The molecule has 0 aliphatic carbocycles. The second-order valence-corrected chi connectivity index (χ2v) is 5.49. The Morgan fingerprint density at radius 3 is 2.44 bits per heavy atom. The van der Waals surface area contributed by atoms with Gasteiger partial charge in [-0.3, -0.25) is 4.79 Å². The van der Waals surface area contributed by atoms with Crippen LogP contribution < -0.4 is 5.73 Å². The predicted molar refractivity (Wildman–Crippen MR) is 75.4 cm³/mol. The summed E-state index contributed by atoms with van der Waals surface area (Å²) < 4.78 is 0. The van der Waals surface area contributed by atoms with E-state index < -0.39 is 0 Å². The highest BCUT2D eigenvalue weighted by Gasteiger charge is 2.23. The van der Waals surface area contributed by atoms with Gasteiger partial charge in [-0.1, -0.05) is 12.8 Å². The van der Waals surface area contributed by atoms with Crippen LogP contribution in [0.2, 0.25) is 0 Å². The molecule has 4 nitrogen and oxygen atoms in total. The van der Waals surface area contributed by atoms with Crippen molar-refractivity contribution in [2.24, 2.45) is 5.73 Å². The molecule has 0 radical (unpaired) electrons. The van der Waals surface area contributed by atoms with Crippen molar-refractivity contribution in [3.8, 4) is 0 Å². The van der Waals surface area contributed by atoms with Gasteiger partial charge in [0.15, 0.2) is 0 Å². The zero-order chi connectivity index (χ0) is 13.4. The molecule has 0 unspecified atom stereocenters. The quantitative estimate of drug-likeness (QED) is 0.701. The summed E-state index contributed by atoms with van der Waals surface area (Å²) in [6.07, 6.45) is 7.31. The summed E-state index contributed by atoms with van der Waals surface area (Å²) in [5.74, 6) is 0.317. The van der Waals surface area contributed by atoms with Gasteiger partial charge in [0, 0.05) is 19.5 Å². The van der Waals surface area contributed by atoms with E-state index in [4.69, 9.17) is 5.73 Å². The van der Waals surface area contributed by atoms with Crippen molar-refractivity contribution in [2.75, 3.05) is 33.7 Å². The Bertz CT molecular complexity index is 237. The van der Waals surface area contributed by atoms with Gasteiger partial charge >= 0.3 is 0 Å². The zero-order valence-electron chi connectivity index (χ0n) is 12.0. The molecule has 1 amide bonds. The first kappa shape index (κ1) is 15.4. The minimum Gasteiger partial charge on any atom is -0.343 e. The third-order valence-electron chi connectivity index (χ3n) is 3.97. The maximum absolute atomic E-state index is 12.0. The number of carbonyl (C=O) groups excluding carboxylic acids is 1. The average molecular weight is 255 g/mol. The van der Waals surface area contributed by atoms with E-state index in [2.05, 4.69) is 11.9 Å². The Morgan fingerprint density at radius 2 is 1.83 bits per heavy atom. The van der Waals surface area contributed by atoms with Gasteiger partial charge in [0.2, 0.25) is 5.91 Å². The lowest BCUT2D eigenvalue weighted by Crippen LogP contribution is -2.44. The number of unbranched alkanes of at least 4 members (excludes halogenated alkanes) is 3. The smallest absolute Gasteiger partial charge is 0.222 e. The van der Waals surface area contributed by atoms with Gasteiger partial charge in [-0.15, -0.1) is 0 Å². The van der Waals surface area contributed by atoms with Crippen LogP contribution in [-0.4, -0.2) is 55.5 Å². The summed E-state index contributed by atoms with van der Waals surface area (Å²) in [6.45, 7) is 2.99. The molecule has 4 heteroatoms. The second kappa shape index (κ2) is 8.48. The Balaban J connectivity index is 2.16. The number of hydrogen-bond donors (Lipinski definition) is 1. The van der Waals surface area contributed by atoms with Crippen molar-refractivity contribution in [1.82, 2.24) is 9.80 Å². The molecule has 0 aromatic heterocycles. The predicted octanol–water partition coefficient (Wildman–Crippen LogP) is 1.45. The normalized spacial score (nSPS) is 17.9. The van der Waals surface area contributed by atoms with E-state index in [-0.39, 0.29) is 0 Å². The number of nitrogens with two attached hydrogens (primary N) is 1. The van der Waals surface area contributed by atoms with Crippen molar-refractivity contribution >= 4 is 5.91 Å². The van der Waals surface area contributed by atoms with Crippen molar-refractivity contribution in [3.63, 3.8) is 0 Å². The number of hydrogen-bond acceptors (Lipinski definition) is 3. The van der Waals surface area contributed by atoms with E-state index in [1.165, 1.54) is 0 Å². The van der Waals surface area contributed by atoms with Crippen LogP contribution in [0.3, 0.4) is 0 Å². The lowest BCUT2D eigenvalue weighted by atomic mass is 10.0. The van der Waals surface area contributed by atoms with Crippen molar-refractivity contribution < 1.29 is 4.79 Å². The monoisotopic (exact) mass is 255 g/mol. The molecule has 1 fully saturated rings. The van der Waals surface area contributed by atoms with Crippen LogP contribution >= 0.6 is 0 Å². The molecule has 1 heterocycles. The molecule has 1 saturated heterocycles. The molecule has 1 aliphatic heterocycles. The molecule has 1 aliphatic rings. The van der Waals surface area contributed by atoms with Crippen LogP contribution in [0.15, 0.2) is 0 Å². The summed E-state index contributed by atoms with van der Waals surface area (Å²) in [7, 11) is 4.12. The first-order valence-electron chi connectivity index (χ1n) is 7.29. The number of likely N-dealkylation sites (tertiary alicyclic amines) is 1. The lowest BCUT2D eigenvalue weighted by Gasteiger charge is -2.35.